The Balaban J connectivity index is 2.47. The Kier molecular flexibility index (Phi) is 3.77. The van der Waals surface area contributed by atoms with E-state index in [1.54, 1.807) is 0 Å². The third kappa shape index (κ3) is 2.96. The third-order valence-corrected chi connectivity index (χ3v) is 3.68. The Hall–Kier alpha value is -1.94. The second-order valence-corrected chi connectivity index (χ2v) is 6.31. The number of nitrogens with zero attached hydrogens (tertiary/aromatic N) is 3. The molecule has 0 spiro atoms. The molecule has 0 aromatic carbocycles. The zero-order valence-electron chi connectivity index (χ0n) is 10.2. The normalized spacial score (nSPS) is 11.7. The molecule has 9 nitrogen and oxygen atoms in total. The van der Waals surface area contributed by atoms with Crippen LogP contribution in [0.2, 0.25) is 0 Å². The summed E-state index contributed by atoms with van der Waals surface area (Å²) in [5.41, 5.74) is -1.88. The van der Waals surface area contributed by atoms with Crippen molar-refractivity contribution in [3.05, 3.63) is 38.8 Å². The average Bonchev–Trinajstić information content (AvgIpc) is 2.78. The lowest BCUT2D eigenvalue weighted by Gasteiger charge is -2.02. The molecule has 2 heterocycles. The van der Waals surface area contributed by atoms with Gasteiger partial charge in [0.2, 0.25) is 5.89 Å². The molecule has 0 aliphatic rings. The molecule has 0 radical (unpaired) electrons. The van der Waals surface area contributed by atoms with Crippen LogP contribution >= 0.6 is 10.7 Å². The molecule has 0 unspecified atom stereocenters. The van der Waals surface area contributed by atoms with Gasteiger partial charge in [0.05, 0.1) is 6.54 Å². The molecule has 1 N–H and O–H groups in total. The van der Waals surface area contributed by atoms with Crippen LogP contribution in [0.4, 0.5) is 0 Å². The third-order valence-electron chi connectivity index (χ3n) is 2.37. The van der Waals surface area contributed by atoms with Gasteiger partial charge in [-0.3, -0.25) is 14.3 Å². The van der Waals surface area contributed by atoms with Crippen LogP contribution in [0.15, 0.2) is 25.2 Å². The standard InChI is InChI=1S/C9H9ClN4O5S/c1-2-7-11-6(13-19-7)4-14-3-5(20(10,17)18)8(15)12-9(14)16/h3H,2,4H2,1H3,(H,12,15,16). The van der Waals surface area contributed by atoms with Gasteiger partial charge in [-0.1, -0.05) is 12.1 Å². The van der Waals surface area contributed by atoms with Crippen molar-refractivity contribution in [1.29, 1.82) is 0 Å². The first kappa shape index (κ1) is 14.5. The highest BCUT2D eigenvalue weighted by Crippen LogP contribution is 2.08. The van der Waals surface area contributed by atoms with E-state index >= 15 is 0 Å². The number of aromatic amines is 1. The van der Waals surface area contributed by atoms with Gasteiger partial charge in [-0.15, -0.1) is 0 Å². The summed E-state index contributed by atoms with van der Waals surface area (Å²) in [7, 11) is 0.845. The molecule has 0 fully saturated rings. The number of halogens is 1. The predicted octanol–water partition coefficient (Wildman–Crippen LogP) is -0.542. The summed E-state index contributed by atoms with van der Waals surface area (Å²) in [6.07, 6.45) is 1.36. The van der Waals surface area contributed by atoms with Gasteiger partial charge in [0.25, 0.3) is 14.6 Å². The zero-order valence-corrected chi connectivity index (χ0v) is 11.7. The van der Waals surface area contributed by atoms with Crippen LogP contribution in [0.1, 0.15) is 18.6 Å². The summed E-state index contributed by atoms with van der Waals surface area (Å²) in [4.78, 5) is 28.0. The summed E-state index contributed by atoms with van der Waals surface area (Å²) in [5, 5.41) is 3.62. The molecule has 11 heteroatoms. The van der Waals surface area contributed by atoms with Crippen molar-refractivity contribution in [3.8, 4) is 0 Å². The lowest BCUT2D eigenvalue weighted by atomic mass is 10.5. The number of aryl methyl sites for hydroxylation is 1. The van der Waals surface area contributed by atoms with E-state index in [0.29, 0.717) is 12.3 Å². The fourth-order valence-electron chi connectivity index (χ4n) is 1.43. The minimum Gasteiger partial charge on any atom is -0.339 e. The molecule has 108 valence electrons. The molecule has 0 bridgehead atoms. The Bertz CT molecular complexity index is 850. The Morgan fingerprint density at radius 3 is 2.70 bits per heavy atom. The maximum Gasteiger partial charge on any atom is 0.328 e. The van der Waals surface area contributed by atoms with Gasteiger partial charge in [0.1, 0.15) is 0 Å². The van der Waals surface area contributed by atoms with Gasteiger partial charge in [-0.05, 0) is 0 Å². The first-order valence-electron chi connectivity index (χ1n) is 5.41. The number of H-pyrrole nitrogens is 1. The average molecular weight is 321 g/mol. The summed E-state index contributed by atoms with van der Waals surface area (Å²) < 4.78 is 28.2. The maximum absolute atomic E-state index is 11.6. The number of hydrogen-bond donors (Lipinski definition) is 1. The molecule has 2 aromatic rings. The van der Waals surface area contributed by atoms with Crippen molar-refractivity contribution in [1.82, 2.24) is 19.7 Å². The zero-order chi connectivity index (χ0) is 14.9. The largest absolute Gasteiger partial charge is 0.339 e. The monoisotopic (exact) mass is 320 g/mol. The topological polar surface area (TPSA) is 128 Å². The Labute approximate surface area is 116 Å². The Morgan fingerprint density at radius 1 is 1.45 bits per heavy atom. The first-order valence-corrected chi connectivity index (χ1v) is 7.72. The molecule has 0 amide bonds. The Morgan fingerprint density at radius 2 is 2.15 bits per heavy atom. The van der Waals surface area contributed by atoms with Crippen molar-refractivity contribution in [3.63, 3.8) is 0 Å². The summed E-state index contributed by atoms with van der Waals surface area (Å²) >= 11 is 0. The van der Waals surface area contributed by atoms with Crippen molar-refractivity contribution in [2.45, 2.75) is 24.8 Å². The van der Waals surface area contributed by atoms with Crippen molar-refractivity contribution in [2.24, 2.45) is 0 Å². The van der Waals surface area contributed by atoms with Gasteiger partial charge < -0.3 is 4.52 Å². The van der Waals surface area contributed by atoms with Crippen LogP contribution in [-0.2, 0) is 22.0 Å². The minimum absolute atomic E-state index is 0.154. The highest BCUT2D eigenvalue weighted by Gasteiger charge is 2.18. The fraction of sp³-hybridized carbons (Fsp3) is 0.333. The van der Waals surface area contributed by atoms with Gasteiger partial charge in [-0.25, -0.2) is 13.2 Å². The molecule has 20 heavy (non-hydrogen) atoms. The summed E-state index contributed by atoms with van der Waals surface area (Å²) in [6, 6.07) is 0. The molecule has 2 aromatic heterocycles. The van der Waals surface area contributed by atoms with Crippen LogP contribution in [0.5, 0.6) is 0 Å². The number of aromatic nitrogens is 4. The van der Waals surface area contributed by atoms with Crippen LogP contribution in [0.3, 0.4) is 0 Å². The molecular formula is C9H9ClN4O5S. The van der Waals surface area contributed by atoms with E-state index in [0.717, 1.165) is 10.8 Å². The second-order valence-electron chi connectivity index (χ2n) is 3.78. The fourth-order valence-corrected chi connectivity index (χ4v) is 2.29. The van der Waals surface area contributed by atoms with Crippen molar-refractivity contribution < 1.29 is 12.9 Å². The molecule has 0 saturated heterocycles. The summed E-state index contributed by atoms with van der Waals surface area (Å²) in [5.74, 6) is 0.552. The molecule has 2 rings (SSSR count). The molecular weight excluding hydrogens is 312 g/mol. The van der Waals surface area contributed by atoms with E-state index in [9.17, 15) is 18.0 Å². The first-order chi connectivity index (χ1) is 9.31. The smallest absolute Gasteiger partial charge is 0.328 e. The molecule has 0 atom stereocenters. The van der Waals surface area contributed by atoms with Gasteiger partial charge in [0, 0.05) is 23.3 Å². The molecule has 0 aliphatic heterocycles. The lowest BCUT2D eigenvalue weighted by molar-refractivity contribution is 0.375. The van der Waals surface area contributed by atoms with E-state index in [-0.39, 0.29) is 12.4 Å². The SMILES string of the molecule is CCc1nc(Cn2cc(S(=O)(=O)Cl)c(=O)[nH]c2=O)no1. The van der Waals surface area contributed by atoms with Crippen LogP contribution in [-0.4, -0.2) is 28.1 Å². The van der Waals surface area contributed by atoms with E-state index in [1.165, 1.54) is 0 Å². The number of rotatable bonds is 4. The molecule has 0 aliphatic carbocycles. The van der Waals surface area contributed by atoms with Crippen molar-refractivity contribution >= 4 is 19.7 Å². The summed E-state index contributed by atoms with van der Waals surface area (Å²) in [6.45, 7) is 1.65. The second kappa shape index (κ2) is 5.21. The quantitative estimate of drug-likeness (QED) is 0.749. The maximum atomic E-state index is 11.6. The number of hydrogen-bond acceptors (Lipinski definition) is 7. The highest BCUT2D eigenvalue weighted by atomic mass is 35.7. The van der Waals surface area contributed by atoms with E-state index in [4.69, 9.17) is 15.2 Å². The molecule has 0 saturated carbocycles. The lowest BCUT2D eigenvalue weighted by Crippen LogP contribution is -2.32. The van der Waals surface area contributed by atoms with Crippen LogP contribution in [0, 0.1) is 0 Å². The van der Waals surface area contributed by atoms with Crippen molar-refractivity contribution in [2.75, 3.05) is 0 Å². The minimum atomic E-state index is -4.26. The van der Waals surface area contributed by atoms with Gasteiger partial charge >= 0.3 is 5.69 Å². The van der Waals surface area contributed by atoms with Crippen LogP contribution < -0.4 is 11.2 Å². The van der Waals surface area contributed by atoms with E-state index in [2.05, 4.69) is 10.1 Å². The van der Waals surface area contributed by atoms with Gasteiger partial charge in [0.15, 0.2) is 10.7 Å². The van der Waals surface area contributed by atoms with Gasteiger partial charge in [-0.2, -0.15) is 4.98 Å². The number of nitrogens with one attached hydrogen (secondary N) is 1. The van der Waals surface area contributed by atoms with E-state index < -0.39 is 25.2 Å². The highest BCUT2D eigenvalue weighted by molar-refractivity contribution is 8.13. The van der Waals surface area contributed by atoms with E-state index in [1.807, 2.05) is 11.9 Å². The predicted molar refractivity (Wildman–Crippen MR) is 67.1 cm³/mol. The van der Waals surface area contributed by atoms with Crippen LogP contribution in [0.25, 0.3) is 0 Å².